The summed E-state index contributed by atoms with van der Waals surface area (Å²) in [7, 11) is 0. The molecule has 0 bridgehead atoms. The van der Waals surface area contributed by atoms with E-state index in [1.54, 1.807) is 0 Å². The lowest BCUT2D eigenvalue weighted by molar-refractivity contribution is -0.141. The Labute approximate surface area is 153 Å². The van der Waals surface area contributed by atoms with Crippen molar-refractivity contribution in [2.75, 3.05) is 6.54 Å². The van der Waals surface area contributed by atoms with Gasteiger partial charge >= 0.3 is 11.9 Å². The van der Waals surface area contributed by atoms with Crippen molar-refractivity contribution in [2.45, 2.75) is 44.3 Å². The van der Waals surface area contributed by atoms with Gasteiger partial charge in [-0.3, -0.25) is 28.8 Å². The Bertz CT molecular complexity index is 608. The Kier molecular flexibility index (Phi) is 10.0. The molecule has 0 heterocycles. The molecule has 0 aromatic heterocycles. The largest absolute Gasteiger partial charge is 0.481 e. The Hall–Kier alpha value is -3.22. The van der Waals surface area contributed by atoms with Crippen LogP contribution in [0.3, 0.4) is 0 Å². The third kappa shape index (κ3) is 10.4. The number of nitrogens with two attached hydrogens (primary N) is 2. The Balaban J connectivity index is 4.81. The lowest BCUT2D eigenvalue weighted by Crippen LogP contribution is -2.53. The van der Waals surface area contributed by atoms with Gasteiger partial charge < -0.3 is 37.6 Å². The number of amides is 4. The fraction of sp³-hybridized carbons (Fsp3) is 0.571. The van der Waals surface area contributed by atoms with Crippen molar-refractivity contribution in [2.24, 2.45) is 11.5 Å². The van der Waals surface area contributed by atoms with Crippen molar-refractivity contribution in [1.82, 2.24) is 16.0 Å². The third-order valence-electron chi connectivity index (χ3n) is 3.21. The molecule has 0 saturated heterocycles. The Morgan fingerprint density at radius 2 is 1.59 bits per heavy atom. The zero-order valence-corrected chi connectivity index (χ0v) is 14.6. The Morgan fingerprint density at radius 1 is 1.00 bits per heavy atom. The maximum absolute atomic E-state index is 12.1. The van der Waals surface area contributed by atoms with E-state index in [0.717, 1.165) is 0 Å². The highest BCUT2D eigenvalue weighted by atomic mass is 16.4. The van der Waals surface area contributed by atoms with Crippen LogP contribution in [0.5, 0.6) is 0 Å². The summed E-state index contributed by atoms with van der Waals surface area (Å²) < 4.78 is 0. The van der Waals surface area contributed by atoms with E-state index in [1.807, 2.05) is 0 Å². The van der Waals surface area contributed by atoms with Crippen LogP contribution in [0.25, 0.3) is 0 Å². The molecule has 27 heavy (non-hydrogen) atoms. The Morgan fingerprint density at radius 3 is 2.07 bits per heavy atom. The van der Waals surface area contributed by atoms with Gasteiger partial charge in [0.05, 0.1) is 19.0 Å². The maximum Gasteiger partial charge on any atom is 0.325 e. The number of carboxylic acids is 2. The fourth-order valence-electron chi connectivity index (χ4n) is 1.77. The molecule has 4 amide bonds. The molecule has 0 rings (SSSR count). The molecule has 0 aliphatic carbocycles. The predicted octanol–water partition coefficient (Wildman–Crippen LogP) is -3.76. The molecule has 0 aliphatic heterocycles. The average molecular weight is 389 g/mol. The van der Waals surface area contributed by atoms with Gasteiger partial charge in [0.15, 0.2) is 0 Å². The summed E-state index contributed by atoms with van der Waals surface area (Å²) in [6.45, 7) is 0.626. The highest BCUT2D eigenvalue weighted by molar-refractivity contribution is 5.94. The van der Waals surface area contributed by atoms with E-state index in [0.29, 0.717) is 0 Å². The highest BCUT2D eigenvalue weighted by Crippen LogP contribution is 2.00. The van der Waals surface area contributed by atoms with Crippen molar-refractivity contribution in [1.29, 1.82) is 0 Å². The number of hydrogen-bond acceptors (Lipinski definition) is 7. The quantitative estimate of drug-likeness (QED) is 0.173. The van der Waals surface area contributed by atoms with Crippen LogP contribution in [0.4, 0.5) is 0 Å². The zero-order chi connectivity index (χ0) is 21.1. The first-order valence-electron chi connectivity index (χ1n) is 7.80. The molecule has 0 aromatic carbocycles. The van der Waals surface area contributed by atoms with Gasteiger partial charge in [0.1, 0.15) is 12.1 Å². The molecule has 152 valence electrons. The van der Waals surface area contributed by atoms with Gasteiger partial charge in [0, 0.05) is 6.42 Å². The van der Waals surface area contributed by atoms with E-state index in [9.17, 15) is 28.8 Å². The van der Waals surface area contributed by atoms with Crippen LogP contribution >= 0.6 is 0 Å². The molecule has 3 atom stereocenters. The lowest BCUT2D eigenvalue weighted by atomic mass is 10.1. The van der Waals surface area contributed by atoms with Crippen LogP contribution in [0.2, 0.25) is 0 Å². The normalized spacial score (nSPS) is 13.6. The van der Waals surface area contributed by atoms with Crippen LogP contribution in [0, 0.1) is 0 Å². The van der Waals surface area contributed by atoms with Crippen LogP contribution in [0.15, 0.2) is 0 Å². The summed E-state index contributed by atoms with van der Waals surface area (Å²) in [6.07, 6.45) is -1.25. The first kappa shape index (κ1) is 23.8. The minimum Gasteiger partial charge on any atom is -0.481 e. The summed E-state index contributed by atoms with van der Waals surface area (Å²) in [4.78, 5) is 67.7. The first-order chi connectivity index (χ1) is 12.4. The molecule has 13 nitrogen and oxygen atoms in total. The van der Waals surface area contributed by atoms with E-state index in [2.05, 4.69) is 16.0 Å². The number of carboxylic acid groups (broad SMARTS) is 2. The lowest BCUT2D eigenvalue weighted by Gasteiger charge is -2.20. The first-order valence-corrected chi connectivity index (χ1v) is 7.80. The number of rotatable bonds is 12. The van der Waals surface area contributed by atoms with Crippen molar-refractivity contribution in [3.8, 4) is 0 Å². The second kappa shape index (κ2) is 11.4. The summed E-state index contributed by atoms with van der Waals surface area (Å²) in [5.41, 5.74) is 10.4. The molecule has 0 aromatic rings. The van der Waals surface area contributed by atoms with Crippen molar-refractivity contribution < 1.29 is 39.0 Å². The molecule has 0 aliphatic rings. The van der Waals surface area contributed by atoms with E-state index >= 15 is 0 Å². The van der Waals surface area contributed by atoms with E-state index in [-0.39, 0.29) is 6.42 Å². The van der Waals surface area contributed by atoms with E-state index < -0.39 is 73.1 Å². The summed E-state index contributed by atoms with van der Waals surface area (Å²) >= 11 is 0. The third-order valence-corrected chi connectivity index (χ3v) is 3.21. The molecule has 9 N–H and O–H groups in total. The number of aliphatic carboxylic acids is 2. The van der Waals surface area contributed by atoms with Gasteiger partial charge in [-0.1, -0.05) is 0 Å². The topological polar surface area (TPSA) is 231 Å². The monoisotopic (exact) mass is 389 g/mol. The van der Waals surface area contributed by atoms with E-state index in [4.69, 9.17) is 21.7 Å². The minimum atomic E-state index is -1.34. The smallest absolute Gasteiger partial charge is 0.325 e. The standard InChI is InChI=1S/C14H23N5O8/c1-6(14(26)27)18-10(21)5-17-13(25)8(2-3-11(22)23)19-12(24)7(15)4-9(16)20/h6-8H,2-5,15H2,1H3,(H2,16,20)(H,17,25)(H,18,21)(H,19,24)(H,22,23)(H,26,27). The van der Waals surface area contributed by atoms with Gasteiger partial charge in [-0.15, -0.1) is 0 Å². The summed E-state index contributed by atoms with van der Waals surface area (Å²) in [5.74, 6) is -5.92. The van der Waals surface area contributed by atoms with E-state index in [1.165, 1.54) is 6.92 Å². The molecule has 0 saturated carbocycles. The van der Waals surface area contributed by atoms with Crippen LogP contribution in [0.1, 0.15) is 26.2 Å². The van der Waals surface area contributed by atoms with Crippen LogP contribution in [-0.2, 0) is 28.8 Å². The van der Waals surface area contributed by atoms with Crippen molar-refractivity contribution in [3.05, 3.63) is 0 Å². The van der Waals surface area contributed by atoms with Gasteiger partial charge in [-0.05, 0) is 13.3 Å². The molecule has 0 spiro atoms. The number of hydrogen-bond donors (Lipinski definition) is 7. The fourth-order valence-corrected chi connectivity index (χ4v) is 1.77. The summed E-state index contributed by atoms with van der Waals surface area (Å²) in [6, 6.07) is -3.84. The number of nitrogens with one attached hydrogen (secondary N) is 3. The number of primary amides is 1. The highest BCUT2D eigenvalue weighted by Gasteiger charge is 2.25. The zero-order valence-electron chi connectivity index (χ0n) is 14.6. The van der Waals surface area contributed by atoms with Gasteiger partial charge in [0.25, 0.3) is 0 Å². The number of carbonyl (C=O) groups is 6. The predicted molar refractivity (Wildman–Crippen MR) is 88.8 cm³/mol. The molecule has 3 unspecified atom stereocenters. The molecular weight excluding hydrogens is 366 g/mol. The van der Waals surface area contributed by atoms with Crippen molar-refractivity contribution >= 4 is 35.6 Å². The second-order valence-corrected chi connectivity index (χ2v) is 5.62. The van der Waals surface area contributed by atoms with Gasteiger partial charge in [-0.2, -0.15) is 0 Å². The molecule has 0 fully saturated rings. The maximum atomic E-state index is 12.1. The molecule has 13 heteroatoms. The van der Waals surface area contributed by atoms with Crippen LogP contribution in [-0.4, -0.2) is 70.5 Å². The number of carbonyl (C=O) groups excluding carboxylic acids is 4. The molecular formula is C14H23N5O8. The van der Waals surface area contributed by atoms with Gasteiger partial charge in [-0.25, -0.2) is 0 Å². The average Bonchev–Trinajstić information content (AvgIpc) is 2.55. The molecule has 0 radical (unpaired) electrons. The van der Waals surface area contributed by atoms with Crippen molar-refractivity contribution in [3.63, 3.8) is 0 Å². The summed E-state index contributed by atoms with van der Waals surface area (Å²) in [5, 5.41) is 23.8. The van der Waals surface area contributed by atoms with Gasteiger partial charge in [0.2, 0.25) is 23.6 Å². The van der Waals surface area contributed by atoms with Crippen LogP contribution < -0.4 is 27.4 Å². The minimum absolute atomic E-state index is 0.302. The second-order valence-electron chi connectivity index (χ2n) is 5.62. The SMILES string of the molecule is CC(NC(=O)CNC(=O)C(CCC(=O)O)NC(=O)C(N)CC(N)=O)C(=O)O.